The van der Waals surface area contributed by atoms with Crippen LogP contribution in [0.5, 0.6) is 17.2 Å². The van der Waals surface area contributed by atoms with Crippen molar-refractivity contribution in [2.75, 3.05) is 32.8 Å². The van der Waals surface area contributed by atoms with Gasteiger partial charge in [-0.2, -0.15) is 0 Å². The molecule has 4 aromatic rings. The third-order valence-corrected chi connectivity index (χ3v) is 8.23. The number of aliphatic hydroxyl groups is 1. The molecule has 6 rings (SSSR count). The van der Waals surface area contributed by atoms with Crippen LogP contribution >= 0.6 is 0 Å². The first-order chi connectivity index (χ1) is 20.1. The van der Waals surface area contributed by atoms with E-state index in [9.17, 15) is 4.79 Å². The van der Waals surface area contributed by atoms with Crippen molar-refractivity contribution in [1.82, 2.24) is 14.5 Å². The zero-order chi connectivity index (χ0) is 28.2. The lowest BCUT2D eigenvalue weighted by Crippen LogP contribution is -2.42. The van der Waals surface area contributed by atoms with Gasteiger partial charge in [-0.05, 0) is 86.5 Å². The second-order valence-electron chi connectivity index (χ2n) is 11.2. The summed E-state index contributed by atoms with van der Waals surface area (Å²) in [5, 5.41) is 9.50. The number of rotatable bonds is 10. The zero-order valence-electron chi connectivity index (χ0n) is 23.2. The summed E-state index contributed by atoms with van der Waals surface area (Å²) < 4.78 is 28.5. The van der Waals surface area contributed by atoms with Gasteiger partial charge in [0.25, 0.3) is 5.56 Å². The maximum Gasteiger partial charge on any atom is 0.261 e. The second kappa shape index (κ2) is 12.4. The third-order valence-electron chi connectivity index (χ3n) is 8.23. The molecule has 0 amide bonds. The SMILES string of the molecule is O=c1c2cc(Oc3ccccc3)ccc2nc(-c2ccc(OCCO)cc2F)n1CC1CCCN(CC2CCC2)C1. The van der Waals surface area contributed by atoms with Crippen LogP contribution in [0.25, 0.3) is 22.3 Å². The molecule has 0 bridgehead atoms. The Kier molecular flexibility index (Phi) is 8.30. The van der Waals surface area contributed by atoms with Gasteiger partial charge < -0.3 is 19.5 Å². The maximum absolute atomic E-state index is 15.5. The van der Waals surface area contributed by atoms with Crippen LogP contribution in [0.4, 0.5) is 4.39 Å². The molecule has 1 atom stereocenters. The molecule has 1 saturated carbocycles. The Balaban J connectivity index is 1.37. The minimum absolute atomic E-state index is 0.0736. The Morgan fingerprint density at radius 2 is 1.71 bits per heavy atom. The Labute approximate surface area is 239 Å². The predicted molar refractivity (Wildman–Crippen MR) is 157 cm³/mol. The number of hydrogen-bond acceptors (Lipinski definition) is 6. The monoisotopic (exact) mass is 557 g/mol. The molecule has 3 aromatic carbocycles. The van der Waals surface area contributed by atoms with Crippen molar-refractivity contribution in [2.24, 2.45) is 11.8 Å². The number of likely N-dealkylation sites (tertiary alicyclic amines) is 1. The Bertz CT molecular complexity index is 1550. The summed E-state index contributed by atoms with van der Waals surface area (Å²) in [6, 6.07) is 19.2. The standard InChI is InChI=1S/C33H36FN3O4/c34-30-19-26(40-17-16-38)11-13-28(30)32-35-31-14-12-27(41-25-9-2-1-3-10-25)18-29(31)33(39)37(32)22-24-8-5-15-36(21-24)20-23-6-4-7-23/h1-3,9-14,18-19,23-24,38H,4-8,15-17,20-22H2. The summed E-state index contributed by atoms with van der Waals surface area (Å²) in [7, 11) is 0. The van der Waals surface area contributed by atoms with Crippen molar-refractivity contribution >= 4 is 10.9 Å². The number of halogens is 1. The number of aromatic nitrogens is 2. The molecule has 0 spiro atoms. The molecule has 41 heavy (non-hydrogen) atoms. The number of benzene rings is 3. The number of hydrogen-bond donors (Lipinski definition) is 1. The van der Waals surface area contributed by atoms with E-state index < -0.39 is 5.82 Å². The second-order valence-corrected chi connectivity index (χ2v) is 11.2. The van der Waals surface area contributed by atoms with Crippen molar-refractivity contribution in [3.05, 3.63) is 82.9 Å². The van der Waals surface area contributed by atoms with Crippen molar-refractivity contribution in [2.45, 2.75) is 38.6 Å². The Morgan fingerprint density at radius 1 is 0.902 bits per heavy atom. The van der Waals surface area contributed by atoms with E-state index in [0.29, 0.717) is 40.5 Å². The highest BCUT2D eigenvalue weighted by Gasteiger charge is 2.27. The molecule has 1 N–H and O–H groups in total. The van der Waals surface area contributed by atoms with Gasteiger partial charge in [0.15, 0.2) is 0 Å². The van der Waals surface area contributed by atoms with Gasteiger partial charge in [-0.15, -0.1) is 0 Å². The molecule has 2 fully saturated rings. The number of para-hydroxylation sites is 1. The lowest BCUT2D eigenvalue weighted by Gasteiger charge is -2.37. The van der Waals surface area contributed by atoms with Crippen molar-refractivity contribution in [1.29, 1.82) is 0 Å². The van der Waals surface area contributed by atoms with E-state index in [0.717, 1.165) is 38.4 Å². The van der Waals surface area contributed by atoms with Gasteiger partial charge in [0, 0.05) is 25.7 Å². The molecule has 1 aliphatic carbocycles. The zero-order valence-corrected chi connectivity index (χ0v) is 23.2. The third kappa shape index (κ3) is 6.29. The van der Waals surface area contributed by atoms with E-state index in [4.69, 9.17) is 19.6 Å². The number of aliphatic hydroxyl groups excluding tert-OH is 1. The van der Waals surface area contributed by atoms with Crippen LogP contribution in [0, 0.1) is 17.7 Å². The molecule has 1 unspecified atom stereocenters. The van der Waals surface area contributed by atoms with Gasteiger partial charge >= 0.3 is 0 Å². The molecule has 7 nitrogen and oxygen atoms in total. The molecule has 0 radical (unpaired) electrons. The fourth-order valence-corrected chi connectivity index (χ4v) is 5.96. The lowest BCUT2D eigenvalue weighted by molar-refractivity contribution is 0.117. The van der Waals surface area contributed by atoms with Crippen LogP contribution in [-0.2, 0) is 6.54 Å². The average molecular weight is 558 g/mol. The molecule has 2 aliphatic rings. The molecule has 1 saturated heterocycles. The van der Waals surface area contributed by atoms with Crippen molar-refractivity contribution in [3.8, 4) is 28.6 Å². The van der Waals surface area contributed by atoms with Crippen LogP contribution in [0.15, 0.2) is 71.5 Å². The summed E-state index contributed by atoms with van der Waals surface area (Å²) >= 11 is 0. The normalized spacial score (nSPS) is 17.9. The number of ether oxygens (including phenoxy) is 2. The summed E-state index contributed by atoms with van der Waals surface area (Å²) in [6.07, 6.45) is 6.05. The van der Waals surface area contributed by atoms with E-state index in [1.165, 1.54) is 25.3 Å². The van der Waals surface area contributed by atoms with Crippen LogP contribution in [0.2, 0.25) is 0 Å². The summed E-state index contributed by atoms with van der Waals surface area (Å²) in [4.78, 5) is 21.5. The van der Waals surface area contributed by atoms with E-state index in [2.05, 4.69) is 4.90 Å². The minimum Gasteiger partial charge on any atom is -0.491 e. The number of fused-ring (bicyclic) bond motifs is 1. The fraction of sp³-hybridized carbons (Fsp3) is 0.394. The fourth-order valence-electron chi connectivity index (χ4n) is 5.96. The van der Waals surface area contributed by atoms with E-state index in [1.54, 1.807) is 34.9 Å². The summed E-state index contributed by atoms with van der Waals surface area (Å²) in [6.45, 7) is 3.51. The topological polar surface area (TPSA) is 76.8 Å². The molecular formula is C33H36FN3O4. The smallest absolute Gasteiger partial charge is 0.261 e. The molecule has 214 valence electrons. The van der Waals surface area contributed by atoms with Crippen LogP contribution in [-0.4, -0.2) is 52.4 Å². The van der Waals surface area contributed by atoms with Gasteiger partial charge in [-0.3, -0.25) is 9.36 Å². The van der Waals surface area contributed by atoms with Crippen LogP contribution in [0.3, 0.4) is 0 Å². The van der Waals surface area contributed by atoms with Crippen LogP contribution in [0.1, 0.15) is 32.1 Å². The molecule has 1 aliphatic heterocycles. The number of nitrogens with zero attached hydrogens (tertiary/aromatic N) is 3. The average Bonchev–Trinajstić information content (AvgIpc) is 2.96. The van der Waals surface area contributed by atoms with Gasteiger partial charge in [0.1, 0.15) is 35.5 Å². The Morgan fingerprint density at radius 3 is 2.46 bits per heavy atom. The van der Waals surface area contributed by atoms with E-state index in [1.807, 2.05) is 30.3 Å². The van der Waals surface area contributed by atoms with Gasteiger partial charge in [-0.25, -0.2) is 9.37 Å². The van der Waals surface area contributed by atoms with E-state index in [-0.39, 0.29) is 30.3 Å². The highest BCUT2D eigenvalue weighted by Crippen LogP contribution is 2.31. The van der Waals surface area contributed by atoms with E-state index >= 15 is 4.39 Å². The lowest BCUT2D eigenvalue weighted by atomic mass is 9.84. The molecule has 2 heterocycles. The Hall–Kier alpha value is -3.75. The first kappa shape index (κ1) is 27.4. The summed E-state index contributed by atoms with van der Waals surface area (Å²) in [5.41, 5.74) is 0.517. The van der Waals surface area contributed by atoms with Crippen molar-refractivity contribution in [3.63, 3.8) is 0 Å². The largest absolute Gasteiger partial charge is 0.491 e. The highest BCUT2D eigenvalue weighted by molar-refractivity contribution is 5.81. The van der Waals surface area contributed by atoms with Gasteiger partial charge in [0.2, 0.25) is 0 Å². The van der Waals surface area contributed by atoms with Crippen LogP contribution < -0.4 is 15.0 Å². The molecular weight excluding hydrogens is 521 g/mol. The first-order valence-corrected chi connectivity index (χ1v) is 14.6. The number of piperidine rings is 1. The molecule has 1 aromatic heterocycles. The van der Waals surface area contributed by atoms with Crippen molar-refractivity contribution < 1.29 is 19.0 Å². The summed E-state index contributed by atoms with van der Waals surface area (Å²) in [5.74, 6) is 2.37. The highest BCUT2D eigenvalue weighted by atomic mass is 19.1. The predicted octanol–water partition coefficient (Wildman–Crippen LogP) is 5.88. The van der Waals surface area contributed by atoms with Gasteiger partial charge in [-0.1, -0.05) is 24.6 Å². The van der Waals surface area contributed by atoms with Gasteiger partial charge in [0.05, 0.1) is 23.1 Å². The minimum atomic E-state index is -0.528. The first-order valence-electron chi connectivity index (χ1n) is 14.6. The quantitative estimate of drug-likeness (QED) is 0.263. The molecule has 8 heteroatoms. The maximum atomic E-state index is 15.5.